The molecule has 1 aromatic heterocycles. The molecule has 0 radical (unpaired) electrons. The Morgan fingerprint density at radius 1 is 1.14 bits per heavy atom. The van der Waals surface area contributed by atoms with Crippen molar-refractivity contribution in [1.29, 1.82) is 0 Å². The van der Waals surface area contributed by atoms with Gasteiger partial charge in [0.05, 0.1) is 11.0 Å². The second kappa shape index (κ2) is 5.77. The number of aryl methyl sites for hydroxylation is 1. The van der Waals surface area contributed by atoms with E-state index in [-0.39, 0.29) is 5.78 Å². The zero-order chi connectivity index (χ0) is 15.5. The van der Waals surface area contributed by atoms with Crippen LogP contribution in [0.3, 0.4) is 0 Å². The minimum atomic E-state index is -0.139. The van der Waals surface area contributed by atoms with Gasteiger partial charge in [-0.05, 0) is 30.7 Å². The summed E-state index contributed by atoms with van der Waals surface area (Å²) in [5, 5.41) is 0. The Morgan fingerprint density at radius 2 is 1.95 bits per heavy atom. The lowest BCUT2D eigenvalue weighted by Gasteiger charge is -2.01. The molecule has 108 valence electrons. The molecule has 1 N–H and O–H groups in total. The maximum absolute atomic E-state index is 12.6. The van der Waals surface area contributed by atoms with Crippen LogP contribution in [0.25, 0.3) is 17.1 Å². The minimum Gasteiger partial charge on any atom is -0.335 e. The van der Waals surface area contributed by atoms with Crippen LogP contribution in [-0.2, 0) is 4.79 Å². The number of nitrogens with zero attached hydrogens (tertiary/aromatic N) is 1. The number of carbonyl (C=O) groups is 2. The van der Waals surface area contributed by atoms with Crippen LogP contribution in [0.2, 0.25) is 0 Å². The normalized spacial score (nSPS) is 11.1. The Kier molecular flexibility index (Phi) is 3.66. The predicted molar refractivity (Wildman–Crippen MR) is 85.8 cm³/mol. The SMILES string of the molecule is Cc1ccccc1C(=O)c1nc2c(/C=C/C=O)cccc2[nH]1. The molecule has 4 heteroatoms. The van der Waals surface area contributed by atoms with Gasteiger partial charge in [0.15, 0.2) is 5.82 Å². The number of carbonyl (C=O) groups excluding carboxylic acids is 2. The quantitative estimate of drug-likeness (QED) is 0.455. The molecule has 3 rings (SSSR count). The second-order valence-corrected chi connectivity index (χ2v) is 4.97. The van der Waals surface area contributed by atoms with Crippen molar-refractivity contribution in [2.45, 2.75) is 6.92 Å². The number of rotatable bonds is 4. The molecule has 0 aliphatic heterocycles. The summed E-state index contributed by atoms with van der Waals surface area (Å²) in [5.74, 6) is 0.163. The number of para-hydroxylation sites is 1. The molecule has 1 heterocycles. The van der Waals surface area contributed by atoms with Crippen molar-refractivity contribution in [3.63, 3.8) is 0 Å². The maximum Gasteiger partial charge on any atom is 0.228 e. The van der Waals surface area contributed by atoms with E-state index in [4.69, 9.17) is 0 Å². The molecule has 0 fully saturated rings. The number of H-pyrrole nitrogens is 1. The van der Waals surface area contributed by atoms with Crippen molar-refractivity contribution in [1.82, 2.24) is 9.97 Å². The fourth-order valence-corrected chi connectivity index (χ4v) is 2.39. The lowest BCUT2D eigenvalue weighted by molar-refractivity contribution is -0.104. The summed E-state index contributed by atoms with van der Waals surface area (Å²) < 4.78 is 0. The number of benzene rings is 2. The number of nitrogens with one attached hydrogen (secondary N) is 1. The van der Waals surface area contributed by atoms with Gasteiger partial charge in [0.1, 0.15) is 6.29 Å². The van der Waals surface area contributed by atoms with E-state index in [1.807, 2.05) is 43.3 Å². The van der Waals surface area contributed by atoms with Crippen molar-refractivity contribution >= 4 is 29.2 Å². The lowest BCUT2D eigenvalue weighted by Crippen LogP contribution is -2.05. The van der Waals surface area contributed by atoms with Crippen molar-refractivity contribution in [3.05, 3.63) is 71.1 Å². The zero-order valence-electron chi connectivity index (χ0n) is 12.0. The van der Waals surface area contributed by atoms with Crippen LogP contribution in [-0.4, -0.2) is 22.0 Å². The number of aromatic nitrogens is 2. The third-order valence-electron chi connectivity index (χ3n) is 3.50. The fourth-order valence-electron chi connectivity index (χ4n) is 2.39. The second-order valence-electron chi connectivity index (χ2n) is 4.97. The fraction of sp³-hybridized carbons (Fsp3) is 0.0556. The summed E-state index contributed by atoms with van der Waals surface area (Å²) in [6.45, 7) is 1.90. The van der Waals surface area contributed by atoms with Crippen LogP contribution in [0.4, 0.5) is 0 Å². The highest BCUT2D eigenvalue weighted by Gasteiger charge is 2.16. The van der Waals surface area contributed by atoms with Gasteiger partial charge in [-0.1, -0.05) is 36.4 Å². The highest BCUT2D eigenvalue weighted by molar-refractivity contribution is 6.09. The van der Waals surface area contributed by atoms with Gasteiger partial charge < -0.3 is 4.98 Å². The van der Waals surface area contributed by atoms with Crippen LogP contribution in [0.1, 0.15) is 27.3 Å². The molecular formula is C18H14N2O2. The van der Waals surface area contributed by atoms with E-state index in [0.717, 1.165) is 16.6 Å². The van der Waals surface area contributed by atoms with Gasteiger partial charge in [0.2, 0.25) is 5.78 Å². The minimum absolute atomic E-state index is 0.139. The Bertz CT molecular complexity index is 891. The van der Waals surface area contributed by atoms with Gasteiger partial charge in [0.25, 0.3) is 0 Å². The monoisotopic (exact) mass is 290 g/mol. The Hall–Kier alpha value is -3.01. The first-order chi connectivity index (χ1) is 10.7. The maximum atomic E-state index is 12.6. The average molecular weight is 290 g/mol. The number of hydrogen-bond acceptors (Lipinski definition) is 3. The number of imidazole rings is 1. The van der Waals surface area contributed by atoms with Crippen LogP contribution < -0.4 is 0 Å². The zero-order valence-corrected chi connectivity index (χ0v) is 12.0. The van der Waals surface area contributed by atoms with E-state index >= 15 is 0 Å². The first-order valence-electron chi connectivity index (χ1n) is 6.91. The first-order valence-corrected chi connectivity index (χ1v) is 6.91. The summed E-state index contributed by atoms with van der Waals surface area (Å²) in [6.07, 6.45) is 3.80. The molecule has 22 heavy (non-hydrogen) atoms. The van der Waals surface area contributed by atoms with Crippen LogP contribution >= 0.6 is 0 Å². The van der Waals surface area contributed by atoms with Crippen LogP contribution in [0.5, 0.6) is 0 Å². The lowest BCUT2D eigenvalue weighted by atomic mass is 10.0. The topological polar surface area (TPSA) is 62.8 Å². The molecule has 0 saturated carbocycles. The summed E-state index contributed by atoms with van der Waals surface area (Å²) in [7, 11) is 0. The highest BCUT2D eigenvalue weighted by atomic mass is 16.1. The molecule has 2 aromatic carbocycles. The van der Waals surface area contributed by atoms with Gasteiger partial charge in [-0.25, -0.2) is 4.98 Å². The number of allylic oxidation sites excluding steroid dienone is 1. The molecule has 0 aliphatic carbocycles. The molecule has 0 aliphatic rings. The van der Waals surface area contributed by atoms with Gasteiger partial charge in [0, 0.05) is 11.1 Å². The number of ketones is 1. The molecule has 0 unspecified atom stereocenters. The van der Waals surface area contributed by atoms with Gasteiger partial charge >= 0.3 is 0 Å². The van der Waals surface area contributed by atoms with E-state index < -0.39 is 0 Å². The third-order valence-corrected chi connectivity index (χ3v) is 3.50. The van der Waals surface area contributed by atoms with Crippen LogP contribution in [0.15, 0.2) is 48.5 Å². The largest absolute Gasteiger partial charge is 0.335 e. The molecule has 0 bridgehead atoms. The molecular weight excluding hydrogens is 276 g/mol. The molecule has 4 nitrogen and oxygen atoms in total. The summed E-state index contributed by atoms with van der Waals surface area (Å²) in [5.41, 5.74) is 3.78. The Balaban J connectivity index is 2.09. The molecule has 0 spiro atoms. The number of aldehydes is 1. The van der Waals surface area contributed by atoms with Crippen molar-refractivity contribution in [2.75, 3.05) is 0 Å². The van der Waals surface area contributed by atoms with E-state index in [1.165, 1.54) is 6.08 Å². The number of aromatic amines is 1. The standard InChI is InChI=1S/C18H14N2O2/c1-12-6-2-3-9-14(12)17(22)18-19-15-10-4-7-13(8-5-11-21)16(15)20-18/h2-11H,1H3,(H,19,20)/b8-5+. The van der Waals surface area contributed by atoms with Crippen molar-refractivity contribution in [2.24, 2.45) is 0 Å². The van der Waals surface area contributed by atoms with E-state index in [0.29, 0.717) is 23.2 Å². The van der Waals surface area contributed by atoms with Gasteiger partial charge in [-0.2, -0.15) is 0 Å². The summed E-state index contributed by atoms with van der Waals surface area (Å²) in [4.78, 5) is 30.5. The van der Waals surface area contributed by atoms with Crippen molar-refractivity contribution < 1.29 is 9.59 Å². The Labute approximate surface area is 127 Å². The van der Waals surface area contributed by atoms with Gasteiger partial charge in [-0.15, -0.1) is 0 Å². The molecule has 3 aromatic rings. The molecule has 0 saturated heterocycles. The van der Waals surface area contributed by atoms with Gasteiger partial charge in [-0.3, -0.25) is 9.59 Å². The average Bonchev–Trinajstić information content (AvgIpc) is 2.97. The first kappa shape index (κ1) is 13.9. The van der Waals surface area contributed by atoms with E-state index in [2.05, 4.69) is 9.97 Å². The predicted octanol–water partition coefficient (Wildman–Crippen LogP) is 3.31. The number of fused-ring (bicyclic) bond motifs is 1. The highest BCUT2D eigenvalue weighted by Crippen LogP contribution is 2.20. The molecule has 0 amide bonds. The smallest absolute Gasteiger partial charge is 0.228 e. The van der Waals surface area contributed by atoms with E-state index in [1.54, 1.807) is 12.1 Å². The Morgan fingerprint density at radius 3 is 2.73 bits per heavy atom. The molecule has 0 atom stereocenters. The van der Waals surface area contributed by atoms with Crippen LogP contribution in [0, 0.1) is 6.92 Å². The van der Waals surface area contributed by atoms with E-state index in [9.17, 15) is 9.59 Å². The van der Waals surface area contributed by atoms with Crippen molar-refractivity contribution in [3.8, 4) is 0 Å². The summed E-state index contributed by atoms with van der Waals surface area (Å²) in [6, 6.07) is 13.0. The number of hydrogen-bond donors (Lipinski definition) is 1. The third kappa shape index (κ3) is 2.46. The summed E-state index contributed by atoms with van der Waals surface area (Å²) >= 11 is 0.